The van der Waals surface area contributed by atoms with Gasteiger partial charge in [-0.2, -0.15) is 0 Å². The molecule has 1 heterocycles. The molecule has 0 aliphatic carbocycles. The summed E-state index contributed by atoms with van der Waals surface area (Å²) in [6.07, 6.45) is 3.06. The van der Waals surface area contributed by atoms with E-state index in [1.807, 2.05) is 4.90 Å². The topological polar surface area (TPSA) is 89.7 Å². The number of rotatable bonds is 6. The van der Waals surface area contributed by atoms with Crippen molar-refractivity contribution in [3.8, 4) is 5.75 Å². The predicted octanol–water partition coefficient (Wildman–Crippen LogP) is 1.83. The fourth-order valence-electron chi connectivity index (χ4n) is 2.94. The zero-order chi connectivity index (χ0) is 18.7. The lowest BCUT2D eigenvalue weighted by atomic mass is 9.79. The van der Waals surface area contributed by atoms with Gasteiger partial charge < -0.3 is 15.4 Å². The molecule has 1 aromatic rings. The predicted molar refractivity (Wildman–Crippen MR) is 97.2 cm³/mol. The molecule has 1 unspecified atom stereocenters. The molecule has 1 aliphatic rings. The highest BCUT2D eigenvalue weighted by molar-refractivity contribution is 7.90. The average molecular weight is 368 g/mol. The average Bonchev–Trinajstić information content (AvgIpc) is 2.53. The molecule has 1 fully saturated rings. The van der Waals surface area contributed by atoms with Crippen molar-refractivity contribution in [3.63, 3.8) is 0 Å². The van der Waals surface area contributed by atoms with Crippen molar-refractivity contribution in [2.45, 2.75) is 44.0 Å². The molecular weight excluding hydrogens is 340 g/mol. The van der Waals surface area contributed by atoms with Crippen LogP contribution in [-0.4, -0.2) is 51.2 Å². The Bertz CT molecular complexity index is 698. The van der Waals surface area contributed by atoms with Crippen molar-refractivity contribution < 1.29 is 17.9 Å². The maximum Gasteiger partial charge on any atom is 0.222 e. The Morgan fingerprint density at radius 1 is 1.32 bits per heavy atom. The zero-order valence-corrected chi connectivity index (χ0v) is 16.0. The van der Waals surface area contributed by atoms with Gasteiger partial charge in [-0.1, -0.05) is 13.8 Å². The van der Waals surface area contributed by atoms with E-state index in [0.29, 0.717) is 31.7 Å². The number of hydrogen-bond acceptors (Lipinski definition) is 5. The van der Waals surface area contributed by atoms with E-state index in [1.54, 1.807) is 12.1 Å². The second-order valence-electron chi connectivity index (χ2n) is 7.39. The van der Waals surface area contributed by atoms with Crippen molar-refractivity contribution in [1.82, 2.24) is 4.90 Å². The molecule has 0 aromatic heterocycles. The molecule has 6 nitrogen and oxygen atoms in total. The van der Waals surface area contributed by atoms with Crippen molar-refractivity contribution in [2.24, 2.45) is 11.1 Å². The van der Waals surface area contributed by atoms with Crippen LogP contribution in [0.15, 0.2) is 29.2 Å². The fourth-order valence-corrected chi connectivity index (χ4v) is 3.57. The Kier molecular flexibility index (Phi) is 6.11. The highest BCUT2D eigenvalue weighted by Crippen LogP contribution is 2.28. The number of benzene rings is 1. The summed E-state index contributed by atoms with van der Waals surface area (Å²) in [5, 5.41) is 0. The Morgan fingerprint density at radius 3 is 2.52 bits per heavy atom. The van der Waals surface area contributed by atoms with Crippen LogP contribution < -0.4 is 10.5 Å². The quantitative estimate of drug-likeness (QED) is 0.774. The lowest BCUT2D eigenvalue weighted by Crippen LogP contribution is -2.54. The Hall–Kier alpha value is -1.60. The number of carbonyl (C=O) groups is 1. The minimum Gasteiger partial charge on any atom is -0.494 e. The lowest BCUT2D eigenvalue weighted by molar-refractivity contribution is -0.134. The molecule has 7 heteroatoms. The highest BCUT2D eigenvalue weighted by atomic mass is 32.2. The molecule has 1 amide bonds. The number of nitrogens with zero attached hydrogens (tertiary/aromatic N) is 1. The monoisotopic (exact) mass is 368 g/mol. The standard InChI is InChI=1S/C18H28N2O4S/c1-18(2)13-20(11-10-16(18)19)17(21)5-4-12-24-14-6-8-15(9-7-14)25(3,22)23/h6-9,16H,4-5,10-13,19H2,1-3H3. The smallest absolute Gasteiger partial charge is 0.222 e. The van der Waals surface area contributed by atoms with Gasteiger partial charge >= 0.3 is 0 Å². The van der Waals surface area contributed by atoms with Crippen LogP contribution in [0.1, 0.15) is 33.1 Å². The summed E-state index contributed by atoms with van der Waals surface area (Å²) in [7, 11) is -3.20. The van der Waals surface area contributed by atoms with Crippen molar-refractivity contribution >= 4 is 15.7 Å². The SMILES string of the molecule is CC1(C)CN(C(=O)CCCOc2ccc(S(C)(=O)=O)cc2)CCC1N. The van der Waals surface area contributed by atoms with E-state index in [-0.39, 0.29) is 22.3 Å². The molecule has 140 valence electrons. The van der Waals surface area contributed by atoms with Gasteiger partial charge in [-0.25, -0.2) is 8.42 Å². The maximum atomic E-state index is 12.3. The van der Waals surface area contributed by atoms with E-state index in [1.165, 1.54) is 18.4 Å². The van der Waals surface area contributed by atoms with E-state index in [9.17, 15) is 13.2 Å². The van der Waals surface area contributed by atoms with Crippen LogP contribution in [-0.2, 0) is 14.6 Å². The number of hydrogen-bond donors (Lipinski definition) is 1. The molecular formula is C18H28N2O4S. The maximum absolute atomic E-state index is 12.3. The molecule has 1 saturated heterocycles. The Balaban J connectivity index is 1.75. The van der Waals surface area contributed by atoms with E-state index >= 15 is 0 Å². The largest absolute Gasteiger partial charge is 0.494 e. The van der Waals surface area contributed by atoms with E-state index in [2.05, 4.69) is 13.8 Å². The van der Waals surface area contributed by atoms with Crippen molar-refractivity contribution in [3.05, 3.63) is 24.3 Å². The second-order valence-corrected chi connectivity index (χ2v) is 9.41. The van der Waals surface area contributed by atoms with E-state index in [0.717, 1.165) is 13.0 Å². The number of ether oxygens (including phenoxy) is 1. The molecule has 0 saturated carbocycles. The van der Waals surface area contributed by atoms with Gasteiger partial charge in [-0.3, -0.25) is 4.79 Å². The summed E-state index contributed by atoms with van der Waals surface area (Å²) in [6, 6.07) is 6.44. The fraction of sp³-hybridized carbons (Fsp3) is 0.611. The number of amides is 1. The highest BCUT2D eigenvalue weighted by Gasteiger charge is 2.34. The summed E-state index contributed by atoms with van der Waals surface area (Å²) in [5.74, 6) is 0.737. The molecule has 0 spiro atoms. The van der Waals surface area contributed by atoms with E-state index < -0.39 is 9.84 Å². The minimum atomic E-state index is -3.20. The normalized spacial score (nSPS) is 20.3. The molecule has 1 aromatic carbocycles. The van der Waals surface area contributed by atoms with Crippen LogP contribution in [0.4, 0.5) is 0 Å². The number of sulfone groups is 1. The van der Waals surface area contributed by atoms with Gasteiger partial charge in [0.1, 0.15) is 5.75 Å². The van der Waals surface area contributed by atoms with Crippen LogP contribution in [0.25, 0.3) is 0 Å². The minimum absolute atomic E-state index is 0.0498. The van der Waals surface area contributed by atoms with Gasteiger partial charge in [0.2, 0.25) is 5.91 Å². The first-order valence-corrected chi connectivity index (χ1v) is 10.4. The molecule has 25 heavy (non-hydrogen) atoms. The summed E-state index contributed by atoms with van der Waals surface area (Å²) in [6.45, 7) is 6.03. The summed E-state index contributed by atoms with van der Waals surface area (Å²) < 4.78 is 28.4. The third-order valence-electron chi connectivity index (χ3n) is 4.72. The van der Waals surface area contributed by atoms with Crippen LogP contribution in [0.3, 0.4) is 0 Å². The van der Waals surface area contributed by atoms with Gasteiger partial charge in [0, 0.05) is 31.8 Å². The third-order valence-corrected chi connectivity index (χ3v) is 5.85. The first kappa shape index (κ1) is 19.7. The van der Waals surface area contributed by atoms with Crippen LogP contribution in [0.2, 0.25) is 0 Å². The van der Waals surface area contributed by atoms with Gasteiger partial charge in [0.25, 0.3) is 0 Å². The summed E-state index contributed by atoms with van der Waals surface area (Å²) in [4.78, 5) is 14.5. The van der Waals surface area contributed by atoms with Gasteiger partial charge in [0.05, 0.1) is 11.5 Å². The second kappa shape index (κ2) is 7.74. The molecule has 1 atom stereocenters. The lowest BCUT2D eigenvalue weighted by Gasteiger charge is -2.42. The van der Waals surface area contributed by atoms with Crippen LogP contribution in [0, 0.1) is 5.41 Å². The Morgan fingerprint density at radius 2 is 1.96 bits per heavy atom. The summed E-state index contributed by atoms with van der Waals surface area (Å²) in [5.41, 5.74) is 6.05. The van der Waals surface area contributed by atoms with Crippen molar-refractivity contribution in [1.29, 1.82) is 0 Å². The molecule has 0 bridgehead atoms. The first-order chi connectivity index (χ1) is 11.6. The summed E-state index contributed by atoms with van der Waals surface area (Å²) >= 11 is 0. The number of piperidine rings is 1. The number of carbonyl (C=O) groups excluding carboxylic acids is 1. The van der Waals surface area contributed by atoms with Gasteiger partial charge in [0.15, 0.2) is 9.84 Å². The van der Waals surface area contributed by atoms with E-state index in [4.69, 9.17) is 10.5 Å². The molecule has 2 N–H and O–H groups in total. The van der Waals surface area contributed by atoms with Crippen LogP contribution >= 0.6 is 0 Å². The van der Waals surface area contributed by atoms with Crippen LogP contribution in [0.5, 0.6) is 5.75 Å². The third kappa shape index (κ3) is 5.44. The molecule has 2 rings (SSSR count). The van der Waals surface area contributed by atoms with Crippen molar-refractivity contribution in [2.75, 3.05) is 26.0 Å². The van der Waals surface area contributed by atoms with Gasteiger partial charge in [-0.05, 0) is 42.5 Å². The Labute approximate surface area is 150 Å². The first-order valence-electron chi connectivity index (χ1n) is 8.56. The number of nitrogens with two attached hydrogens (primary N) is 1. The molecule has 0 radical (unpaired) electrons. The zero-order valence-electron chi connectivity index (χ0n) is 15.2. The molecule has 1 aliphatic heterocycles. The van der Waals surface area contributed by atoms with Gasteiger partial charge in [-0.15, -0.1) is 0 Å². The number of likely N-dealkylation sites (tertiary alicyclic amines) is 1.